The van der Waals surface area contributed by atoms with E-state index < -0.39 is 11.9 Å². The third-order valence-electron chi connectivity index (χ3n) is 2.69. The molecular weight excluding hydrogens is 300 g/mol. The largest absolute Gasteiger partial charge is 0.508 e. The van der Waals surface area contributed by atoms with Crippen molar-refractivity contribution in [2.24, 2.45) is 5.10 Å². The Morgan fingerprint density at radius 3 is 2.83 bits per heavy atom. The molecule has 3 amide bonds. The number of phenolic OH excluding ortho intramolecular Hbond substituents is 1. The van der Waals surface area contributed by atoms with Gasteiger partial charge >= 0.3 is 6.03 Å². The number of rotatable bonds is 6. The van der Waals surface area contributed by atoms with Crippen LogP contribution in [0.3, 0.4) is 0 Å². The Balaban J connectivity index is 1.65. The fourth-order valence-corrected chi connectivity index (χ4v) is 1.63. The van der Waals surface area contributed by atoms with Crippen molar-refractivity contribution in [3.05, 3.63) is 54.0 Å². The normalized spacial score (nSPS) is 10.4. The van der Waals surface area contributed by atoms with Crippen molar-refractivity contribution in [2.75, 3.05) is 6.54 Å². The highest BCUT2D eigenvalue weighted by atomic mass is 16.3. The summed E-state index contributed by atoms with van der Waals surface area (Å²) in [6, 6.07) is 9.35. The Morgan fingerprint density at radius 1 is 1.22 bits per heavy atom. The second kappa shape index (κ2) is 8.23. The number of aromatic hydroxyl groups is 1. The zero-order chi connectivity index (χ0) is 16.5. The highest BCUT2D eigenvalue weighted by Crippen LogP contribution is 2.08. The second-order valence-electron chi connectivity index (χ2n) is 4.50. The number of nitrogens with one attached hydrogen (secondary N) is 3. The Labute approximate surface area is 132 Å². The summed E-state index contributed by atoms with van der Waals surface area (Å²) in [6.07, 6.45) is 2.89. The first-order chi connectivity index (χ1) is 11.1. The maximum atomic E-state index is 11.5. The fraction of sp³-hybridized carbons (Fsp3) is 0.133. The molecule has 2 rings (SSSR count). The lowest BCUT2D eigenvalue weighted by Gasteiger charge is -2.05. The Morgan fingerprint density at radius 2 is 2.09 bits per heavy atom. The Kier molecular flexibility index (Phi) is 5.75. The molecule has 0 aliphatic rings. The van der Waals surface area contributed by atoms with Gasteiger partial charge in [0.05, 0.1) is 19.0 Å². The lowest BCUT2D eigenvalue weighted by Crippen LogP contribution is -2.40. The topological polar surface area (TPSA) is 116 Å². The van der Waals surface area contributed by atoms with Crippen LogP contribution in [0.25, 0.3) is 0 Å². The number of hydrogen-bond acceptors (Lipinski definition) is 5. The lowest BCUT2D eigenvalue weighted by molar-refractivity contribution is -0.120. The van der Waals surface area contributed by atoms with Crippen LogP contribution >= 0.6 is 0 Å². The first kappa shape index (κ1) is 16.1. The molecule has 8 nitrogen and oxygen atoms in total. The molecule has 8 heteroatoms. The van der Waals surface area contributed by atoms with Crippen LogP contribution in [0.2, 0.25) is 0 Å². The Hall–Kier alpha value is -3.29. The van der Waals surface area contributed by atoms with Crippen LogP contribution in [0.15, 0.2) is 52.2 Å². The van der Waals surface area contributed by atoms with Gasteiger partial charge in [0, 0.05) is 0 Å². The van der Waals surface area contributed by atoms with Crippen molar-refractivity contribution in [2.45, 2.75) is 6.54 Å². The van der Waals surface area contributed by atoms with Crippen molar-refractivity contribution in [3.63, 3.8) is 0 Å². The number of phenols is 1. The molecule has 0 saturated heterocycles. The minimum absolute atomic E-state index is 0.107. The van der Waals surface area contributed by atoms with Gasteiger partial charge in [-0.3, -0.25) is 4.79 Å². The average Bonchev–Trinajstić information content (AvgIpc) is 3.04. The molecule has 0 unspecified atom stereocenters. The van der Waals surface area contributed by atoms with Crippen molar-refractivity contribution >= 4 is 18.2 Å². The van der Waals surface area contributed by atoms with Crippen LogP contribution in [0.4, 0.5) is 4.79 Å². The van der Waals surface area contributed by atoms with Gasteiger partial charge in [-0.25, -0.2) is 10.2 Å². The lowest BCUT2D eigenvalue weighted by atomic mass is 10.2. The van der Waals surface area contributed by atoms with E-state index in [1.807, 2.05) is 0 Å². The predicted molar refractivity (Wildman–Crippen MR) is 82.8 cm³/mol. The van der Waals surface area contributed by atoms with E-state index in [0.29, 0.717) is 11.3 Å². The molecule has 1 heterocycles. The van der Waals surface area contributed by atoms with Gasteiger partial charge < -0.3 is 20.2 Å². The molecule has 1 aromatic carbocycles. The number of amides is 3. The van der Waals surface area contributed by atoms with Gasteiger partial charge in [-0.2, -0.15) is 5.10 Å². The number of hydrogen-bond donors (Lipinski definition) is 4. The standard InChI is InChI=1S/C15H16N4O4/c20-12-4-1-3-11(7-12)8-18-19-14(21)10-17-15(22)16-9-13-5-2-6-23-13/h1-8,20H,9-10H2,(H,19,21)(H2,16,17,22)/b18-8+. The van der Waals surface area contributed by atoms with E-state index in [0.717, 1.165) is 0 Å². The van der Waals surface area contributed by atoms with Gasteiger partial charge in [0.1, 0.15) is 18.1 Å². The number of nitrogens with zero attached hydrogens (tertiary/aromatic N) is 1. The van der Waals surface area contributed by atoms with Crippen LogP contribution in [-0.2, 0) is 11.3 Å². The quantitative estimate of drug-likeness (QED) is 0.468. The summed E-state index contributed by atoms with van der Waals surface area (Å²) in [5.74, 6) is 0.241. The van der Waals surface area contributed by atoms with Gasteiger partial charge in [0.2, 0.25) is 0 Å². The molecule has 4 N–H and O–H groups in total. The monoisotopic (exact) mass is 316 g/mol. The molecule has 0 aliphatic heterocycles. The van der Waals surface area contributed by atoms with Crippen molar-refractivity contribution in [1.82, 2.24) is 16.1 Å². The van der Waals surface area contributed by atoms with Gasteiger partial charge in [-0.15, -0.1) is 0 Å². The van der Waals surface area contributed by atoms with E-state index in [4.69, 9.17) is 4.42 Å². The van der Waals surface area contributed by atoms with E-state index in [1.54, 1.807) is 24.3 Å². The molecular formula is C15H16N4O4. The van der Waals surface area contributed by atoms with Crippen molar-refractivity contribution in [1.29, 1.82) is 0 Å². The summed E-state index contributed by atoms with van der Waals surface area (Å²) in [6.45, 7) is 0.0114. The third kappa shape index (κ3) is 5.92. The second-order valence-corrected chi connectivity index (χ2v) is 4.50. The highest BCUT2D eigenvalue weighted by Gasteiger charge is 2.04. The van der Waals surface area contributed by atoms with Crippen LogP contribution in [-0.4, -0.2) is 29.8 Å². The van der Waals surface area contributed by atoms with Crippen LogP contribution < -0.4 is 16.1 Å². The summed E-state index contributed by atoms with van der Waals surface area (Å²) in [4.78, 5) is 23.0. The van der Waals surface area contributed by atoms with Crippen LogP contribution in [0, 0.1) is 0 Å². The SMILES string of the molecule is O=C(CNC(=O)NCc1ccco1)N/N=C/c1cccc(O)c1. The molecule has 23 heavy (non-hydrogen) atoms. The number of carbonyl (C=O) groups is 2. The molecule has 120 valence electrons. The van der Waals surface area contributed by atoms with Gasteiger partial charge in [0.15, 0.2) is 0 Å². The molecule has 0 saturated carbocycles. The molecule has 0 fully saturated rings. The molecule has 1 aromatic heterocycles. The van der Waals surface area contributed by atoms with Gasteiger partial charge in [-0.1, -0.05) is 12.1 Å². The minimum atomic E-state index is -0.492. The molecule has 0 radical (unpaired) electrons. The molecule has 2 aromatic rings. The highest BCUT2D eigenvalue weighted by molar-refractivity contribution is 5.85. The van der Waals surface area contributed by atoms with Gasteiger partial charge in [0.25, 0.3) is 5.91 Å². The number of urea groups is 1. The first-order valence-electron chi connectivity index (χ1n) is 6.78. The summed E-state index contributed by atoms with van der Waals surface area (Å²) >= 11 is 0. The van der Waals surface area contributed by atoms with E-state index >= 15 is 0 Å². The molecule has 0 spiro atoms. The third-order valence-corrected chi connectivity index (χ3v) is 2.69. The molecule has 0 atom stereocenters. The summed E-state index contributed by atoms with van der Waals surface area (Å²) in [5.41, 5.74) is 2.90. The fourth-order valence-electron chi connectivity index (χ4n) is 1.63. The van der Waals surface area contributed by atoms with Crippen LogP contribution in [0.5, 0.6) is 5.75 Å². The van der Waals surface area contributed by atoms with Gasteiger partial charge in [-0.05, 0) is 29.8 Å². The van der Waals surface area contributed by atoms with Crippen molar-refractivity contribution < 1.29 is 19.1 Å². The average molecular weight is 316 g/mol. The smallest absolute Gasteiger partial charge is 0.315 e. The molecule has 0 aliphatic carbocycles. The van der Waals surface area contributed by atoms with Crippen molar-refractivity contribution in [3.8, 4) is 5.75 Å². The van der Waals surface area contributed by atoms with Crippen LogP contribution in [0.1, 0.15) is 11.3 Å². The predicted octanol–water partition coefficient (Wildman–Crippen LogP) is 0.935. The number of benzene rings is 1. The Bertz CT molecular complexity index is 683. The summed E-state index contributed by atoms with van der Waals surface area (Å²) in [7, 11) is 0. The van der Waals surface area contributed by atoms with E-state index in [-0.39, 0.29) is 18.8 Å². The maximum Gasteiger partial charge on any atom is 0.315 e. The molecule has 0 bridgehead atoms. The van der Waals surface area contributed by atoms with E-state index in [1.165, 1.54) is 24.6 Å². The number of furan rings is 1. The summed E-state index contributed by atoms with van der Waals surface area (Å²) in [5, 5.41) is 17.9. The minimum Gasteiger partial charge on any atom is -0.508 e. The maximum absolute atomic E-state index is 11.5. The zero-order valence-corrected chi connectivity index (χ0v) is 12.2. The van der Waals surface area contributed by atoms with E-state index in [2.05, 4.69) is 21.2 Å². The summed E-state index contributed by atoms with van der Waals surface area (Å²) < 4.78 is 5.05. The van der Waals surface area contributed by atoms with E-state index in [9.17, 15) is 14.7 Å². The first-order valence-corrected chi connectivity index (χ1v) is 6.78. The number of hydrazone groups is 1. The zero-order valence-electron chi connectivity index (χ0n) is 12.2. The number of carbonyl (C=O) groups excluding carboxylic acids is 2.